The number of amides is 1. The highest BCUT2D eigenvalue weighted by atomic mass is 32.1. The second-order valence-corrected chi connectivity index (χ2v) is 6.49. The summed E-state index contributed by atoms with van der Waals surface area (Å²) < 4.78 is 1.69. The van der Waals surface area contributed by atoms with E-state index in [9.17, 15) is 9.59 Å². The number of hydrogen-bond donors (Lipinski definition) is 2. The highest BCUT2D eigenvalue weighted by Gasteiger charge is 2.19. The zero-order valence-electron chi connectivity index (χ0n) is 13.7. The molecule has 4 aromatic rings. The number of para-hydroxylation sites is 1. The summed E-state index contributed by atoms with van der Waals surface area (Å²) in [5, 5.41) is 10.2. The molecule has 0 radical (unpaired) electrons. The van der Waals surface area contributed by atoms with Gasteiger partial charge < -0.3 is 10.3 Å². The maximum atomic E-state index is 12.4. The van der Waals surface area contributed by atoms with Gasteiger partial charge in [-0.3, -0.25) is 9.59 Å². The molecule has 0 fully saturated rings. The lowest BCUT2D eigenvalue weighted by Crippen LogP contribution is -2.32. The number of H-pyrrole nitrogens is 1. The molecule has 8 heteroatoms. The topological polar surface area (TPSA) is 92.7 Å². The predicted molar refractivity (Wildman–Crippen MR) is 98.6 cm³/mol. The van der Waals surface area contributed by atoms with E-state index in [4.69, 9.17) is 0 Å². The van der Waals surface area contributed by atoms with Crippen LogP contribution in [0.25, 0.3) is 16.0 Å². The van der Waals surface area contributed by atoms with Gasteiger partial charge in [-0.15, -0.1) is 11.3 Å². The van der Waals surface area contributed by atoms with Gasteiger partial charge >= 0.3 is 0 Å². The van der Waals surface area contributed by atoms with E-state index in [-0.39, 0.29) is 0 Å². The summed E-state index contributed by atoms with van der Waals surface area (Å²) >= 11 is 1.48. The van der Waals surface area contributed by atoms with Crippen LogP contribution in [0.15, 0.2) is 54.3 Å². The molecule has 0 unspecified atom stereocenters. The van der Waals surface area contributed by atoms with Crippen LogP contribution in [0.2, 0.25) is 0 Å². The van der Waals surface area contributed by atoms with Crippen molar-refractivity contribution in [3.05, 3.63) is 65.6 Å². The summed E-state index contributed by atoms with van der Waals surface area (Å²) in [6.45, 7) is 0.342. The first-order chi connectivity index (χ1) is 12.7. The van der Waals surface area contributed by atoms with Gasteiger partial charge in [0.05, 0.1) is 11.3 Å². The predicted octanol–water partition coefficient (Wildman–Crippen LogP) is 2.35. The summed E-state index contributed by atoms with van der Waals surface area (Å²) in [6, 6.07) is 9.22. The standard InChI is InChI=1S/C18H15N5O2S/c24-16(14-10-20-15-5-2-1-4-13(14)15)17(25)19-8-6-12-11-26-18(22-12)23-9-3-7-21-23/h1-5,7,9-11,20H,6,8H2,(H,19,25). The number of nitrogens with one attached hydrogen (secondary N) is 2. The van der Waals surface area contributed by atoms with Gasteiger partial charge in [-0.2, -0.15) is 5.10 Å². The Kier molecular flexibility index (Phi) is 4.32. The van der Waals surface area contributed by atoms with Crippen LogP contribution >= 0.6 is 11.3 Å². The zero-order chi connectivity index (χ0) is 17.9. The van der Waals surface area contributed by atoms with Crippen LogP contribution in [0, 0.1) is 0 Å². The second kappa shape index (κ2) is 6.93. The van der Waals surface area contributed by atoms with Crippen molar-refractivity contribution < 1.29 is 9.59 Å². The lowest BCUT2D eigenvalue weighted by Gasteiger charge is -2.02. The van der Waals surface area contributed by atoms with Crippen LogP contribution in [0.3, 0.4) is 0 Å². The molecule has 26 heavy (non-hydrogen) atoms. The number of ketones is 1. The number of thiazole rings is 1. The number of Topliss-reactive ketones (excluding diaryl/α,β-unsaturated/α-hetero) is 1. The van der Waals surface area contributed by atoms with E-state index in [0.29, 0.717) is 18.5 Å². The molecule has 4 rings (SSSR count). The minimum atomic E-state index is -0.614. The molecule has 7 nitrogen and oxygen atoms in total. The summed E-state index contributed by atoms with van der Waals surface area (Å²) in [6.07, 6.45) is 5.63. The van der Waals surface area contributed by atoms with Gasteiger partial charge in [-0.1, -0.05) is 18.2 Å². The number of benzene rings is 1. The molecule has 0 saturated heterocycles. The SMILES string of the molecule is O=C(NCCc1csc(-n2cccn2)n1)C(=O)c1c[nH]c2ccccc12. The van der Waals surface area contributed by atoms with Gasteiger partial charge in [-0.05, 0) is 12.1 Å². The Morgan fingerprint density at radius 2 is 2.12 bits per heavy atom. The van der Waals surface area contributed by atoms with Crippen LogP contribution < -0.4 is 5.32 Å². The van der Waals surface area contributed by atoms with Crippen LogP contribution in [0.1, 0.15) is 16.1 Å². The molecule has 0 aliphatic carbocycles. The number of aromatic amines is 1. The molecule has 1 aromatic carbocycles. The lowest BCUT2D eigenvalue weighted by molar-refractivity contribution is -0.116. The van der Waals surface area contributed by atoms with Crippen LogP contribution in [-0.2, 0) is 11.2 Å². The Hall–Kier alpha value is -3.26. The molecule has 0 bridgehead atoms. The van der Waals surface area contributed by atoms with Crippen molar-refractivity contribution in [2.45, 2.75) is 6.42 Å². The molecule has 3 aromatic heterocycles. The lowest BCUT2D eigenvalue weighted by atomic mass is 10.1. The summed E-state index contributed by atoms with van der Waals surface area (Å²) in [7, 11) is 0. The van der Waals surface area contributed by atoms with Crippen molar-refractivity contribution in [2.24, 2.45) is 0 Å². The fourth-order valence-corrected chi connectivity index (χ4v) is 3.46. The number of rotatable bonds is 6. The van der Waals surface area contributed by atoms with E-state index in [0.717, 1.165) is 21.7 Å². The van der Waals surface area contributed by atoms with Crippen LogP contribution in [-0.4, -0.2) is 38.0 Å². The van der Waals surface area contributed by atoms with Gasteiger partial charge in [0.2, 0.25) is 5.13 Å². The molecule has 0 aliphatic rings. The van der Waals surface area contributed by atoms with Crippen molar-refractivity contribution in [3.63, 3.8) is 0 Å². The highest BCUT2D eigenvalue weighted by Crippen LogP contribution is 2.18. The molecule has 2 N–H and O–H groups in total. The first-order valence-corrected chi connectivity index (χ1v) is 8.93. The third-order valence-corrected chi connectivity index (χ3v) is 4.83. The summed E-state index contributed by atoms with van der Waals surface area (Å²) in [5.41, 5.74) is 2.06. The Bertz CT molecular complexity index is 1060. The summed E-state index contributed by atoms with van der Waals surface area (Å²) in [5.74, 6) is -1.16. The fraction of sp³-hybridized carbons (Fsp3) is 0.111. The number of aromatic nitrogens is 4. The first kappa shape index (κ1) is 16.2. The van der Waals surface area contributed by atoms with Crippen molar-refractivity contribution in [2.75, 3.05) is 6.54 Å². The largest absolute Gasteiger partial charge is 0.360 e. The van der Waals surface area contributed by atoms with E-state index in [1.807, 2.05) is 41.9 Å². The minimum Gasteiger partial charge on any atom is -0.360 e. The van der Waals surface area contributed by atoms with Crippen LogP contribution in [0.5, 0.6) is 0 Å². The van der Waals surface area contributed by atoms with Gasteiger partial charge in [0.15, 0.2) is 0 Å². The van der Waals surface area contributed by atoms with Crippen molar-refractivity contribution >= 4 is 33.9 Å². The van der Waals surface area contributed by atoms with E-state index >= 15 is 0 Å². The molecule has 0 atom stereocenters. The van der Waals surface area contributed by atoms with Crippen molar-refractivity contribution in [1.82, 2.24) is 25.1 Å². The molecular weight excluding hydrogens is 350 g/mol. The smallest absolute Gasteiger partial charge is 0.292 e. The quantitative estimate of drug-likeness (QED) is 0.405. The number of carbonyl (C=O) groups excluding carboxylic acids is 2. The molecule has 3 heterocycles. The molecular formula is C18H15N5O2S. The normalized spacial score (nSPS) is 10.9. The number of nitrogens with zero attached hydrogens (tertiary/aromatic N) is 3. The maximum Gasteiger partial charge on any atom is 0.292 e. The minimum absolute atomic E-state index is 0.342. The van der Waals surface area contributed by atoms with E-state index in [2.05, 4.69) is 20.4 Å². The van der Waals surface area contributed by atoms with Gasteiger partial charge in [0.25, 0.3) is 11.7 Å². The second-order valence-electron chi connectivity index (χ2n) is 5.66. The summed E-state index contributed by atoms with van der Waals surface area (Å²) in [4.78, 5) is 32.0. The average molecular weight is 365 g/mol. The Morgan fingerprint density at radius 1 is 1.23 bits per heavy atom. The Labute approximate surface area is 152 Å². The zero-order valence-corrected chi connectivity index (χ0v) is 14.5. The van der Waals surface area contributed by atoms with Crippen molar-refractivity contribution in [1.29, 1.82) is 0 Å². The van der Waals surface area contributed by atoms with E-state index in [1.54, 1.807) is 17.1 Å². The maximum absolute atomic E-state index is 12.4. The first-order valence-electron chi connectivity index (χ1n) is 8.05. The Morgan fingerprint density at radius 3 is 2.96 bits per heavy atom. The number of fused-ring (bicyclic) bond motifs is 1. The number of carbonyl (C=O) groups is 2. The molecule has 0 aliphatic heterocycles. The van der Waals surface area contributed by atoms with Crippen LogP contribution in [0.4, 0.5) is 0 Å². The molecule has 130 valence electrons. The Balaban J connectivity index is 1.36. The molecule has 0 spiro atoms. The number of hydrogen-bond acceptors (Lipinski definition) is 5. The fourth-order valence-electron chi connectivity index (χ4n) is 2.66. The molecule has 1 amide bonds. The van der Waals surface area contributed by atoms with Gasteiger partial charge in [0, 0.05) is 47.8 Å². The van der Waals surface area contributed by atoms with Crippen molar-refractivity contribution in [3.8, 4) is 5.13 Å². The van der Waals surface area contributed by atoms with Gasteiger partial charge in [0.1, 0.15) is 0 Å². The van der Waals surface area contributed by atoms with E-state index in [1.165, 1.54) is 11.3 Å². The monoisotopic (exact) mass is 365 g/mol. The third-order valence-electron chi connectivity index (χ3n) is 3.95. The third kappa shape index (κ3) is 3.14. The van der Waals surface area contributed by atoms with E-state index < -0.39 is 11.7 Å². The highest BCUT2D eigenvalue weighted by molar-refractivity contribution is 7.12. The molecule has 0 saturated carbocycles. The van der Waals surface area contributed by atoms with Gasteiger partial charge in [-0.25, -0.2) is 9.67 Å². The average Bonchev–Trinajstić information content (AvgIpc) is 3.40.